The summed E-state index contributed by atoms with van der Waals surface area (Å²) in [7, 11) is 0. The molecule has 0 bridgehead atoms. The van der Waals surface area contributed by atoms with E-state index < -0.39 is 18.3 Å². The van der Waals surface area contributed by atoms with Gasteiger partial charge in [-0.3, -0.25) is 4.79 Å². The Kier molecular flexibility index (Phi) is 3.17. The van der Waals surface area contributed by atoms with Gasteiger partial charge in [-0.25, -0.2) is 0 Å². The quantitative estimate of drug-likeness (QED) is 0.796. The van der Waals surface area contributed by atoms with Gasteiger partial charge < -0.3 is 5.32 Å². The lowest BCUT2D eigenvalue weighted by molar-refractivity contribution is -0.139. The van der Waals surface area contributed by atoms with Crippen LogP contribution in [0.4, 0.5) is 14.5 Å². The third-order valence-electron chi connectivity index (χ3n) is 1.81. The van der Waals surface area contributed by atoms with E-state index in [1.165, 1.54) is 6.92 Å². The van der Waals surface area contributed by atoms with Crippen molar-refractivity contribution >= 4 is 11.6 Å². The molecule has 2 nitrogen and oxygen atoms in total. The fourth-order valence-corrected chi connectivity index (χ4v) is 0.905. The Balaban J connectivity index is 2.67. The Hall–Kier alpha value is -1.45. The van der Waals surface area contributed by atoms with Crippen molar-refractivity contribution in [1.29, 1.82) is 0 Å². The first-order valence-electron chi connectivity index (χ1n) is 4.30. The van der Waals surface area contributed by atoms with E-state index in [-0.39, 0.29) is 0 Å². The minimum atomic E-state index is -3.30. The molecule has 0 spiro atoms. The molecule has 1 rings (SSSR count). The van der Waals surface area contributed by atoms with E-state index in [1.54, 1.807) is 30.3 Å². The highest BCUT2D eigenvalue weighted by atomic mass is 19.3. The van der Waals surface area contributed by atoms with Crippen molar-refractivity contribution in [2.45, 2.75) is 19.3 Å². The van der Waals surface area contributed by atoms with Crippen molar-refractivity contribution in [2.24, 2.45) is 0 Å². The summed E-state index contributed by atoms with van der Waals surface area (Å²) in [6.07, 6.45) is -0.494. The minimum absolute atomic E-state index is 0.380. The van der Waals surface area contributed by atoms with Gasteiger partial charge in [0.15, 0.2) is 0 Å². The van der Waals surface area contributed by atoms with Crippen molar-refractivity contribution < 1.29 is 13.6 Å². The second-order valence-electron chi connectivity index (χ2n) is 2.88. The van der Waals surface area contributed by atoms with Gasteiger partial charge >= 0.3 is 5.92 Å². The van der Waals surface area contributed by atoms with Gasteiger partial charge in [0.2, 0.25) is 0 Å². The lowest BCUT2D eigenvalue weighted by Gasteiger charge is -2.13. The van der Waals surface area contributed by atoms with Crippen molar-refractivity contribution in [3.05, 3.63) is 30.3 Å². The molecule has 4 heteroatoms. The molecule has 14 heavy (non-hydrogen) atoms. The Morgan fingerprint density at radius 2 is 1.93 bits per heavy atom. The third kappa shape index (κ3) is 2.52. The van der Waals surface area contributed by atoms with Gasteiger partial charge in [-0.05, 0) is 12.1 Å². The summed E-state index contributed by atoms with van der Waals surface area (Å²) in [6.45, 7) is 1.27. The number of benzene rings is 1. The molecule has 0 fully saturated rings. The van der Waals surface area contributed by atoms with E-state index in [2.05, 4.69) is 5.32 Å². The molecule has 1 aromatic carbocycles. The van der Waals surface area contributed by atoms with Crippen LogP contribution in [-0.4, -0.2) is 11.8 Å². The fraction of sp³-hybridized carbons (Fsp3) is 0.300. The van der Waals surface area contributed by atoms with E-state index in [0.29, 0.717) is 5.69 Å². The van der Waals surface area contributed by atoms with Crippen LogP contribution in [0.15, 0.2) is 30.3 Å². The average Bonchev–Trinajstić information content (AvgIpc) is 2.19. The Morgan fingerprint density at radius 3 is 2.43 bits per heavy atom. The Morgan fingerprint density at radius 1 is 1.36 bits per heavy atom. The van der Waals surface area contributed by atoms with E-state index >= 15 is 0 Å². The molecule has 76 valence electrons. The van der Waals surface area contributed by atoms with Crippen LogP contribution < -0.4 is 5.32 Å². The van der Waals surface area contributed by atoms with Crippen LogP contribution >= 0.6 is 0 Å². The summed E-state index contributed by atoms with van der Waals surface area (Å²) in [5.74, 6) is -4.55. The van der Waals surface area contributed by atoms with Crippen LogP contribution in [0.1, 0.15) is 13.3 Å². The number of para-hydroxylation sites is 1. The summed E-state index contributed by atoms with van der Waals surface area (Å²) in [5, 5.41) is 2.14. The number of anilines is 1. The number of nitrogens with one attached hydrogen (secondary N) is 1. The zero-order valence-corrected chi connectivity index (χ0v) is 7.76. The Labute approximate surface area is 80.9 Å². The molecule has 0 radical (unpaired) electrons. The standard InChI is InChI=1S/C10H11F2NO/c1-2-10(11,12)9(14)13-8-6-4-3-5-7-8/h3-7H,2H2,1H3,(H,13,14). The van der Waals surface area contributed by atoms with Crippen LogP contribution in [0.2, 0.25) is 0 Å². The molecule has 0 heterocycles. The number of amides is 1. The van der Waals surface area contributed by atoms with Crippen LogP contribution in [0.5, 0.6) is 0 Å². The number of halogens is 2. The number of rotatable bonds is 3. The molecule has 0 aromatic heterocycles. The molecule has 0 unspecified atom stereocenters. The smallest absolute Gasteiger partial charge is 0.321 e. The molecule has 0 saturated carbocycles. The van der Waals surface area contributed by atoms with E-state index in [0.717, 1.165) is 0 Å². The number of hydrogen-bond acceptors (Lipinski definition) is 1. The average molecular weight is 199 g/mol. The zero-order valence-electron chi connectivity index (χ0n) is 7.76. The van der Waals surface area contributed by atoms with Crippen molar-refractivity contribution in [2.75, 3.05) is 5.32 Å². The lowest BCUT2D eigenvalue weighted by atomic mass is 10.2. The summed E-state index contributed by atoms with van der Waals surface area (Å²) in [6, 6.07) is 8.19. The lowest BCUT2D eigenvalue weighted by Crippen LogP contribution is -2.33. The van der Waals surface area contributed by atoms with Crippen molar-refractivity contribution in [3.63, 3.8) is 0 Å². The van der Waals surface area contributed by atoms with Gasteiger partial charge in [-0.2, -0.15) is 8.78 Å². The van der Waals surface area contributed by atoms with E-state index in [1.807, 2.05) is 0 Å². The first-order valence-corrected chi connectivity index (χ1v) is 4.30. The predicted octanol–water partition coefficient (Wildman–Crippen LogP) is 2.67. The molecule has 0 aliphatic heterocycles. The van der Waals surface area contributed by atoms with Gasteiger partial charge in [-0.1, -0.05) is 25.1 Å². The fourth-order valence-electron chi connectivity index (χ4n) is 0.905. The maximum Gasteiger partial charge on any atom is 0.324 e. The molecular formula is C10H11F2NO. The van der Waals surface area contributed by atoms with Crippen molar-refractivity contribution in [1.82, 2.24) is 0 Å². The molecule has 0 aliphatic carbocycles. The first-order chi connectivity index (χ1) is 6.56. The minimum Gasteiger partial charge on any atom is -0.321 e. The molecule has 0 saturated heterocycles. The molecule has 1 N–H and O–H groups in total. The number of carbonyl (C=O) groups excluding carboxylic acids is 1. The van der Waals surface area contributed by atoms with Crippen LogP contribution in [-0.2, 0) is 4.79 Å². The predicted molar refractivity (Wildman–Crippen MR) is 50.3 cm³/mol. The van der Waals surface area contributed by atoms with Crippen LogP contribution in [0.3, 0.4) is 0 Å². The highest BCUT2D eigenvalue weighted by molar-refractivity contribution is 5.95. The Bertz CT molecular complexity index is 311. The van der Waals surface area contributed by atoms with Gasteiger partial charge in [0.25, 0.3) is 5.91 Å². The summed E-state index contributed by atoms with van der Waals surface area (Å²) < 4.78 is 25.6. The highest BCUT2D eigenvalue weighted by Gasteiger charge is 2.36. The third-order valence-corrected chi connectivity index (χ3v) is 1.81. The second-order valence-corrected chi connectivity index (χ2v) is 2.88. The monoisotopic (exact) mass is 199 g/mol. The topological polar surface area (TPSA) is 29.1 Å². The van der Waals surface area contributed by atoms with Crippen LogP contribution in [0.25, 0.3) is 0 Å². The van der Waals surface area contributed by atoms with E-state index in [9.17, 15) is 13.6 Å². The first kappa shape index (κ1) is 10.6. The summed E-state index contributed by atoms with van der Waals surface area (Å²) in [5.41, 5.74) is 0.380. The molecule has 0 atom stereocenters. The normalized spacial score (nSPS) is 11.1. The zero-order chi connectivity index (χ0) is 10.6. The molecule has 0 aliphatic rings. The highest BCUT2D eigenvalue weighted by Crippen LogP contribution is 2.20. The number of alkyl halides is 2. The van der Waals surface area contributed by atoms with Gasteiger partial charge in [0.1, 0.15) is 0 Å². The summed E-state index contributed by atoms with van der Waals surface area (Å²) in [4.78, 5) is 11.0. The maximum atomic E-state index is 12.8. The van der Waals surface area contributed by atoms with Gasteiger partial charge in [0, 0.05) is 12.1 Å². The van der Waals surface area contributed by atoms with E-state index in [4.69, 9.17) is 0 Å². The molecule has 1 aromatic rings. The number of carbonyl (C=O) groups is 1. The molecule has 1 amide bonds. The van der Waals surface area contributed by atoms with Gasteiger partial charge in [0.05, 0.1) is 0 Å². The summed E-state index contributed by atoms with van der Waals surface area (Å²) >= 11 is 0. The second kappa shape index (κ2) is 4.17. The SMILES string of the molecule is CCC(F)(F)C(=O)Nc1ccccc1. The van der Waals surface area contributed by atoms with Crippen molar-refractivity contribution in [3.8, 4) is 0 Å². The number of hydrogen-bond donors (Lipinski definition) is 1. The van der Waals surface area contributed by atoms with Crippen LogP contribution in [0, 0.1) is 0 Å². The maximum absolute atomic E-state index is 12.8. The largest absolute Gasteiger partial charge is 0.324 e. The molecular weight excluding hydrogens is 188 g/mol. The van der Waals surface area contributed by atoms with Gasteiger partial charge in [-0.15, -0.1) is 0 Å².